The van der Waals surface area contributed by atoms with Gasteiger partial charge in [-0.2, -0.15) is 17.0 Å². The molecule has 0 aromatic rings. The minimum absolute atomic E-state index is 0.359. The van der Waals surface area contributed by atoms with Crippen molar-refractivity contribution in [2.75, 3.05) is 19.1 Å². The fourth-order valence-corrected chi connectivity index (χ4v) is 2.65. The summed E-state index contributed by atoms with van der Waals surface area (Å²) in [5.74, 6) is 0. The number of aliphatic imine (C=N–C) groups is 1. The topological polar surface area (TPSA) is 48.2 Å². The molecule has 0 spiro atoms. The number of amidine groups is 1. The third-order valence-corrected chi connectivity index (χ3v) is 4.59. The summed E-state index contributed by atoms with van der Waals surface area (Å²) in [4.78, 5) is 4.42. The zero-order valence-corrected chi connectivity index (χ0v) is 10.2. The number of hydrogen-bond donors (Lipinski definition) is 1. The molecule has 0 aliphatic heterocycles. The average Bonchev–Trinajstić information content (AvgIpc) is 2.15. The van der Waals surface area contributed by atoms with Crippen LogP contribution in [0.5, 0.6) is 0 Å². The van der Waals surface area contributed by atoms with Crippen molar-refractivity contribution in [1.29, 1.82) is 5.26 Å². The fourth-order valence-electron chi connectivity index (χ4n) is 1.42. The first-order valence-corrected chi connectivity index (χ1v) is 7.00. The number of hydrogen-bond acceptors (Lipinski definition) is 4. The van der Waals surface area contributed by atoms with E-state index in [0.717, 1.165) is 11.7 Å². The van der Waals surface area contributed by atoms with E-state index in [2.05, 4.69) is 16.6 Å². The number of rotatable bonds is 3. The second-order valence-electron chi connectivity index (χ2n) is 3.30. The first-order chi connectivity index (χ1) is 6.76. The Morgan fingerprint density at radius 3 is 2.64 bits per heavy atom. The molecule has 0 aromatic heterocycles. The van der Waals surface area contributed by atoms with E-state index in [9.17, 15) is 0 Å². The third kappa shape index (κ3) is 2.82. The van der Waals surface area contributed by atoms with Gasteiger partial charge in [-0.05, 0) is 25.4 Å². The van der Waals surface area contributed by atoms with Gasteiger partial charge in [0.05, 0.1) is 6.54 Å². The van der Waals surface area contributed by atoms with E-state index in [-0.39, 0.29) is 0 Å². The smallest absolute Gasteiger partial charge is 0.183 e. The molecular weight excluding hydrogens is 214 g/mol. The molecule has 0 aromatic carbocycles. The third-order valence-electron chi connectivity index (χ3n) is 2.56. The first-order valence-electron chi connectivity index (χ1n) is 4.55. The van der Waals surface area contributed by atoms with E-state index in [0.29, 0.717) is 4.75 Å². The van der Waals surface area contributed by atoms with Crippen LogP contribution in [0.2, 0.25) is 0 Å². The van der Waals surface area contributed by atoms with Crippen molar-refractivity contribution in [2.24, 2.45) is 4.99 Å². The molecule has 1 N–H and O–H groups in total. The number of nitrogens with zero attached hydrogens (tertiary/aromatic N) is 2. The molecular formula is C9H15N3S2. The van der Waals surface area contributed by atoms with E-state index in [1.165, 1.54) is 31.0 Å². The molecule has 5 heteroatoms. The van der Waals surface area contributed by atoms with Crippen molar-refractivity contribution in [1.82, 2.24) is 5.32 Å². The molecule has 0 atom stereocenters. The highest BCUT2D eigenvalue weighted by Crippen LogP contribution is 2.42. The Kier molecular flexibility index (Phi) is 4.63. The SMILES string of the molecule is CSC(=NCC1(SC)CCC1)NC#N. The van der Waals surface area contributed by atoms with Crippen LogP contribution in [0.25, 0.3) is 0 Å². The van der Waals surface area contributed by atoms with Crippen molar-refractivity contribution in [2.45, 2.75) is 24.0 Å². The molecule has 14 heavy (non-hydrogen) atoms. The molecule has 1 saturated carbocycles. The van der Waals surface area contributed by atoms with Crippen LogP contribution in [-0.2, 0) is 0 Å². The molecule has 78 valence electrons. The molecule has 0 saturated heterocycles. The van der Waals surface area contributed by atoms with Crippen LogP contribution in [-0.4, -0.2) is 29.0 Å². The molecule has 1 rings (SSSR count). The summed E-state index contributed by atoms with van der Waals surface area (Å²) in [6, 6.07) is 0. The lowest BCUT2D eigenvalue weighted by atomic mass is 9.84. The highest BCUT2D eigenvalue weighted by Gasteiger charge is 2.35. The van der Waals surface area contributed by atoms with Gasteiger partial charge < -0.3 is 0 Å². The van der Waals surface area contributed by atoms with Gasteiger partial charge >= 0.3 is 0 Å². The van der Waals surface area contributed by atoms with Gasteiger partial charge in [0.15, 0.2) is 11.4 Å². The van der Waals surface area contributed by atoms with Crippen LogP contribution >= 0.6 is 23.5 Å². The molecule has 1 fully saturated rings. The summed E-state index contributed by atoms with van der Waals surface area (Å²) in [5, 5.41) is 11.8. The maximum absolute atomic E-state index is 8.47. The number of thioether (sulfide) groups is 2. The Labute approximate surface area is 93.7 Å². The number of nitrogens with one attached hydrogen (secondary N) is 1. The highest BCUT2D eigenvalue weighted by atomic mass is 32.2. The second kappa shape index (κ2) is 5.52. The van der Waals surface area contributed by atoms with Crippen LogP contribution in [0.4, 0.5) is 0 Å². The van der Waals surface area contributed by atoms with Crippen LogP contribution in [0.1, 0.15) is 19.3 Å². The molecule has 0 radical (unpaired) electrons. The van der Waals surface area contributed by atoms with Gasteiger partial charge in [-0.1, -0.05) is 18.2 Å². The summed E-state index contributed by atoms with van der Waals surface area (Å²) in [7, 11) is 0. The lowest BCUT2D eigenvalue weighted by Crippen LogP contribution is -2.37. The van der Waals surface area contributed by atoms with E-state index in [1.807, 2.05) is 24.2 Å². The maximum atomic E-state index is 8.47. The van der Waals surface area contributed by atoms with Gasteiger partial charge in [-0.15, -0.1) is 0 Å². The molecule has 3 nitrogen and oxygen atoms in total. The molecule has 0 bridgehead atoms. The van der Waals surface area contributed by atoms with E-state index in [4.69, 9.17) is 5.26 Å². The summed E-state index contributed by atoms with van der Waals surface area (Å²) >= 11 is 3.39. The minimum atomic E-state index is 0.359. The Bertz CT molecular complexity index is 248. The van der Waals surface area contributed by atoms with Gasteiger partial charge in [0.1, 0.15) is 0 Å². The van der Waals surface area contributed by atoms with E-state index in [1.54, 1.807) is 0 Å². The van der Waals surface area contributed by atoms with Crippen LogP contribution in [0.3, 0.4) is 0 Å². The van der Waals surface area contributed by atoms with E-state index < -0.39 is 0 Å². The Morgan fingerprint density at radius 1 is 1.57 bits per heavy atom. The number of nitriles is 1. The molecule has 0 unspecified atom stereocenters. The van der Waals surface area contributed by atoms with Crippen molar-refractivity contribution in [3.05, 3.63) is 0 Å². The van der Waals surface area contributed by atoms with Gasteiger partial charge in [0.25, 0.3) is 0 Å². The monoisotopic (exact) mass is 229 g/mol. The van der Waals surface area contributed by atoms with Crippen LogP contribution in [0, 0.1) is 11.5 Å². The zero-order valence-electron chi connectivity index (χ0n) is 8.54. The average molecular weight is 229 g/mol. The Hall–Kier alpha value is -0.340. The summed E-state index contributed by atoms with van der Waals surface area (Å²) in [6.07, 6.45) is 9.80. The van der Waals surface area contributed by atoms with Crippen LogP contribution in [0.15, 0.2) is 4.99 Å². The summed E-state index contributed by atoms with van der Waals surface area (Å²) in [6.45, 7) is 0.832. The highest BCUT2D eigenvalue weighted by molar-refractivity contribution is 8.13. The lowest BCUT2D eigenvalue weighted by Gasteiger charge is -2.39. The van der Waals surface area contributed by atoms with Crippen molar-refractivity contribution < 1.29 is 0 Å². The first kappa shape index (κ1) is 11.7. The van der Waals surface area contributed by atoms with Gasteiger partial charge in [-0.3, -0.25) is 10.3 Å². The fraction of sp³-hybridized carbons (Fsp3) is 0.778. The predicted molar refractivity (Wildman–Crippen MR) is 64.7 cm³/mol. The van der Waals surface area contributed by atoms with Gasteiger partial charge in [-0.25, -0.2) is 0 Å². The van der Waals surface area contributed by atoms with Gasteiger partial charge in [0, 0.05) is 4.75 Å². The summed E-state index contributed by atoms with van der Waals surface area (Å²) < 4.78 is 0.359. The largest absolute Gasteiger partial charge is 0.272 e. The van der Waals surface area contributed by atoms with Crippen molar-refractivity contribution in [3.63, 3.8) is 0 Å². The minimum Gasteiger partial charge on any atom is -0.272 e. The van der Waals surface area contributed by atoms with Gasteiger partial charge in [0.2, 0.25) is 0 Å². The maximum Gasteiger partial charge on any atom is 0.183 e. The Morgan fingerprint density at radius 2 is 2.29 bits per heavy atom. The zero-order chi connectivity index (χ0) is 10.4. The second-order valence-corrected chi connectivity index (χ2v) is 5.37. The molecule has 0 heterocycles. The quantitative estimate of drug-likeness (QED) is 0.348. The normalized spacial score (nSPS) is 19.6. The lowest BCUT2D eigenvalue weighted by molar-refractivity contribution is 0.373. The predicted octanol–water partition coefficient (Wildman–Crippen LogP) is 2.06. The summed E-state index contributed by atoms with van der Waals surface area (Å²) in [5.41, 5.74) is 0. The van der Waals surface area contributed by atoms with E-state index >= 15 is 0 Å². The van der Waals surface area contributed by atoms with Crippen LogP contribution < -0.4 is 5.32 Å². The molecule has 0 amide bonds. The molecule has 1 aliphatic rings. The standard InChI is InChI=1S/C9H15N3S2/c1-13-8(12-7-10)11-6-9(14-2)4-3-5-9/h3-6H2,1-2H3,(H,11,12). The molecule has 1 aliphatic carbocycles. The Balaban J connectivity index is 2.46. The van der Waals surface area contributed by atoms with Crippen molar-refractivity contribution >= 4 is 28.7 Å². The van der Waals surface area contributed by atoms with Crippen molar-refractivity contribution in [3.8, 4) is 6.19 Å².